The number of H-pyrrole nitrogens is 1. The van der Waals surface area contributed by atoms with E-state index in [1.165, 1.54) is 11.1 Å². The van der Waals surface area contributed by atoms with Gasteiger partial charge in [-0.2, -0.15) is 0 Å². The summed E-state index contributed by atoms with van der Waals surface area (Å²) in [5.74, 6) is 0.698. The lowest BCUT2D eigenvalue weighted by molar-refractivity contribution is 0.910. The third-order valence-electron chi connectivity index (χ3n) is 3.02. The van der Waals surface area contributed by atoms with Crippen LogP contribution in [0.15, 0.2) is 27.5 Å². The van der Waals surface area contributed by atoms with Gasteiger partial charge in [0.1, 0.15) is 10.3 Å². The first-order valence-corrected chi connectivity index (χ1v) is 6.58. The Morgan fingerprint density at radius 1 is 1.22 bits per heavy atom. The SMILES string of the molecule is Cc1ccc(Cc2nc(C)c(Br)c(=O)[nH]2)cc1C. The topological polar surface area (TPSA) is 45.8 Å². The normalized spacial score (nSPS) is 10.7. The molecule has 2 rings (SSSR count). The lowest BCUT2D eigenvalue weighted by atomic mass is 10.0. The first-order valence-electron chi connectivity index (χ1n) is 5.79. The van der Waals surface area contributed by atoms with E-state index in [0.717, 1.165) is 11.3 Å². The van der Waals surface area contributed by atoms with E-state index in [2.05, 4.69) is 57.9 Å². The average Bonchev–Trinajstić information content (AvgIpc) is 2.31. The summed E-state index contributed by atoms with van der Waals surface area (Å²) < 4.78 is 0.506. The first-order chi connectivity index (χ1) is 8.47. The van der Waals surface area contributed by atoms with Gasteiger partial charge in [-0.25, -0.2) is 4.98 Å². The molecule has 0 saturated heterocycles. The van der Waals surface area contributed by atoms with Gasteiger partial charge in [0.05, 0.1) is 5.69 Å². The van der Waals surface area contributed by atoms with E-state index in [1.54, 1.807) is 0 Å². The molecule has 1 heterocycles. The maximum Gasteiger partial charge on any atom is 0.265 e. The predicted octanol–water partition coefficient (Wildman–Crippen LogP) is 3.05. The number of aromatic amines is 1. The molecule has 1 aromatic heterocycles. The van der Waals surface area contributed by atoms with Gasteiger partial charge in [-0.1, -0.05) is 18.2 Å². The molecule has 0 amide bonds. The van der Waals surface area contributed by atoms with Gasteiger partial charge in [0.2, 0.25) is 0 Å². The number of rotatable bonds is 2. The zero-order chi connectivity index (χ0) is 13.3. The Morgan fingerprint density at radius 3 is 2.56 bits per heavy atom. The van der Waals surface area contributed by atoms with Crippen LogP contribution in [0, 0.1) is 20.8 Å². The summed E-state index contributed by atoms with van der Waals surface area (Å²) in [6.07, 6.45) is 0.643. The monoisotopic (exact) mass is 306 g/mol. The van der Waals surface area contributed by atoms with E-state index in [9.17, 15) is 4.79 Å². The number of aromatic nitrogens is 2. The van der Waals surface area contributed by atoms with E-state index < -0.39 is 0 Å². The van der Waals surface area contributed by atoms with Gasteiger partial charge in [-0.15, -0.1) is 0 Å². The number of aryl methyl sites for hydroxylation is 3. The highest BCUT2D eigenvalue weighted by atomic mass is 79.9. The van der Waals surface area contributed by atoms with Crippen LogP contribution in [0.3, 0.4) is 0 Å². The Balaban J connectivity index is 2.34. The lowest BCUT2D eigenvalue weighted by Gasteiger charge is -2.06. The summed E-state index contributed by atoms with van der Waals surface area (Å²) in [6, 6.07) is 6.29. The van der Waals surface area contributed by atoms with Gasteiger partial charge in [0, 0.05) is 6.42 Å². The Hall–Kier alpha value is -1.42. The molecule has 4 heteroatoms. The summed E-state index contributed by atoms with van der Waals surface area (Å²) in [4.78, 5) is 18.8. The van der Waals surface area contributed by atoms with Gasteiger partial charge in [0.15, 0.2) is 0 Å². The second-order valence-electron chi connectivity index (χ2n) is 4.51. The van der Waals surface area contributed by atoms with Crippen LogP contribution in [0.2, 0.25) is 0 Å². The van der Waals surface area contributed by atoms with Gasteiger partial charge >= 0.3 is 0 Å². The fourth-order valence-corrected chi connectivity index (χ4v) is 2.01. The van der Waals surface area contributed by atoms with Crippen molar-refractivity contribution in [2.45, 2.75) is 27.2 Å². The van der Waals surface area contributed by atoms with Crippen molar-refractivity contribution in [2.24, 2.45) is 0 Å². The molecule has 0 fully saturated rings. The third-order valence-corrected chi connectivity index (χ3v) is 3.95. The number of halogens is 1. The van der Waals surface area contributed by atoms with E-state index in [1.807, 2.05) is 6.92 Å². The molecule has 2 aromatic rings. The van der Waals surface area contributed by atoms with Crippen molar-refractivity contribution in [1.29, 1.82) is 0 Å². The molecular formula is C14H15BrN2O. The maximum absolute atomic E-state index is 11.6. The molecular weight excluding hydrogens is 292 g/mol. The quantitative estimate of drug-likeness (QED) is 0.927. The van der Waals surface area contributed by atoms with Gasteiger partial charge < -0.3 is 4.98 Å². The number of hydrogen-bond donors (Lipinski definition) is 1. The summed E-state index contributed by atoms with van der Waals surface area (Å²) >= 11 is 3.21. The van der Waals surface area contributed by atoms with Crippen molar-refractivity contribution in [3.8, 4) is 0 Å². The molecule has 0 radical (unpaired) electrons. The minimum Gasteiger partial charge on any atom is -0.309 e. The van der Waals surface area contributed by atoms with Gasteiger partial charge in [-0.3, -0.25) is 4.79 Å². The third kappa shape index (κ3) is 2.70. The van der Waals surface area contributed by atoms with Crippen LogP contribution in [-0.2, 0) is 6.42 Å². The van der Waals surface area contributed by atoms with Crippen molar-refractivity contribution in [3.63, 3.8) is 0 Å². The molecule has 1 N–H and O–H groups in total. The Kier molecular flexibility index (Phi) is 3.66. The summed E-state index contributed by atoms with van der Waals surface area (Å²) in [6.45, 7) is 5.99. The molecule has 0 aliphatic heterocycles. The second-order valence-corrected chi connectivity index (χ2v) is 5.30. The highest BCUT2D eigenvalue weighted by Gasteiger charge is 2.06. The minimum absolute atomic E-state index is 0.124. The van der Waals surface area contributed by atoms with Gasteiger partial charge in [0.25, 0.3) is 5.56 Å². The van der Waals surface area contributed by atoms with Crippen LogP contribution >= 0.6 is 15.9 Å². The second kappa shape index (κ2) is 5.06. The zero-order valence-electron chi connectivity index (χ0n) is 10.7. The summed E-state index contributed by atoms with van der Waals surface area (Å²) in [7, 11) is 0. The van der Waals surface area contributed by atoms with Crippen molar-refractivity contribution in [2.75, 3.05) is 0 Å². The lowest BCUT2D eigenvalue weighted by Crippen LogP contribution is -2.14. The molecule has 1 aromatic carbocycles. The van der Waals surface area contributed by atoms with Crippen molar-refractivity contribution >= 4 is 15.9 Å². The van der Waals surface area contributed by atoms with E-state index in [4.69, 9.17) is 0 Å². The van der Waals surface area contributed by atoms with Crippen LogP contribution in [-0.4, -0.2) is 9.97 Å². The van der Waals surface area contributed by atoms with Crippen molar-refractivity contribution < 1.29 is 0 Å². The molecule has 0 aliphatic carbocycles. The Morgan fingerprint density at radius 2 is 1.94 bits per heavy atom. The zero-order valence-corrected chi connectivity index (χ0v) is 12.3. The molecule has 0 bridgehead atoms. The summed E-state index contributed by atoms with van der Waals surface area (Å²) in [5.41, 5.74) is 4.28. The van der Waals surface area contributed by atoms with Crippen LogP contribution in [0.25, 0.3) is 0 Å². The highest BCUT2D eigenvalue weighted by molar-refractivity contribution is 9.10. The first kappa shape index (κ1) is 13.0. The molecule has 0 atom stereocenters. The smallest absolute Gasteiger partial charge is 0.265 e. The standard InChI is InChI=1S/C14H15BrN2O/c1-8-4-5-11(6-9(8)2)7-12-16-10(3)13(15)14(18)17-12/h4-6H,7H2,1-3H3,(H,16,17,18). The molecule has 18 heavy (non-hydrogen) atoms. The van der Waals surface area contributed by atoms with E-state index in [-0.39, 0.29) is 5.56 Å². The molecule has 3 nitrogen and oxygen atoms in total. The Bertz CT molecular complexity index is 647. The molecule has 0 unspecified atom stereocenters. The van der Waals surface area contributed by atoms with Crippen molar-refractivity contribution in [3.05, 3.63) is 61.2 Å². The fourth-order valence-electron chi connectivity index (χ4n) is 1.82. The van der Waals surface area contributed by atoms with Crippen molar-refractivity contribution in [1.82, 2.24) is 9.97 Å². The number of nitrogens with one attached hydrogen (secondary N) is 1. The van der Waals surface area contributed by atoms with Crippen LogP contribution < -0.4 is 5.56 Å². The molecule has 0 spiro atoms. The molecule has 94 valence electrons. The van der Waals surface area contributed by atoms with Crippen LogP contribution in [0.4, 0.5) is 0 Å². The van der Waals surface area contributed by atoms with Crippen LogP contribution in [0.1, 0.15) is 28.2 Å². The number of benzene rings is 1. The summed E-state index contributed by atoms with van der Waals surface area (Å²) in [5, 5.41) is 0. The number of hydrogen-bond acceptors (Lipinski definition) is 2. The average molecular weight is 307 g/mol. The van der Waals surface area contributed by atoms with Crippen LogP contribution in [0.5, 0.6) is 0 Å². The fraction of sp³-hybridized carbons (Fsp3) is 0.286. The minimum atomic E-state index is -0.124. The van der Waals surface area contributed by atoms with E-state index >= 15 is 0 Å². The molecule has 0 aliphatic rings. The molecule has 0 saturated carbocycles. The Labute approximate surface area is 114 Å². The van der Waals surface area contributed by atoms with E-state index in [0.29, 0.717) is 16.7 Å². The largest absolute Gasteiger partial charge is 0.309 e. The maximum atomic E-state index is 11.6. The highest BCUT2D eigenvalue weighted by Crippen LogP contribution is 2.13. The predicted molar refractivity (Wildman–Crippen MR) is 76.0 cm³/mol. The number of nitrogens with zero attached hydrogens (tertiary/aromatic N) is 1. The van der Waals surface area contributed by atoms with Gasteiger partial charge in [-0.05, 0) is 53.4 Å².